The molecule has 1 unspecified atom stereocenters. The largest absolute Gasteiger partial charge is 0.384 e. The highest BCUT2D eigenvalue weighted by molar-refractivity contribution is 7.11. The molecule has 2 aromatic heterocycles. The minimum Gasteiger partial charge on any atom is -0.384 e. The second-order valence-electron chi connectivity index (χ2n) is 12.5. The molecule has 0 spiro atoms. The van der Waals surface area contributed by atoms with E-state index in [1.807, 2.05) is 31.4 Å². The summed E-state index contributed by atoms with van der Waals surface area (Å²) in [7, 11) is 1.81. The average Bonchev–Trinajstić information content (AvgIpc) is 3.77. The van der Waals surface area contributed by atoms with Gasteiger partial charge in [-0.15, -0.1) is 11.3 Å². The third-order valence-electron chi connectivity index (χ3n) is 8.73. The van der Waals surface area contributed by atoms with Crippen LogP contribution in [0.1, 0.15) is 55.7 Å². The van der Waals surface area contributed by atoms with Gasteiger partial charge in [0.1, 0.15) is 5.82 Å². The molecule has 1 fully saturated rings. The fourth-order valence-electron chi connectivity index (χ4n) is 6.15. The van der Waals surface area contributed by atoms with E-state index in [0.29, 0.717) is 11.8 Å². The summed E-state index contributed by atoms with van der Waals surface area (Å²) in [6, 6.07) is 10.7. The van der Waals surface area contributed by atoms with Gasteiger partial charge in [-0.25, -0.2) is 4.39 Å². The lowest BCUT2D eigenvalue weighted by Gasteiger charge is -2.27. The Labute approximate surface area is 279 Å². The summed E-state index contributed by atoms with van der Waals surface area (Å²) in [6.45, 7) is 22.6. The quantitative estimate of drug-likeness (QED) is 0.196. The maximum atomic E-state index is 13.0. The summed E-state index contributed by atoms with van der Waals surface area (Å²) in [6.07, 6.45) is 13.2. The zero-order chi connectivity index (χ0) is 32.9. The number of nitrogens with zero attached hydrogens (tertiary/aromatic N) is 3. The van der Waals surface area contributed by atoms with Crippen molar-refractivity contribution < 1.29 is 9.13 Å². The molecule has 1 saturated heterocycles. The van der Waals surface area contributed by atoms with Crippen molar-refractivity contribution in [1.29, 1.82) is 0 Å². The van der Waals surface area contributed by atoms with E-state index in [4.69, 9.17) is 4.74 Å². The van der Waals surface area contributed by atoms with E-state index in [2.05, 4.69) is 75.6 Å². The third kappa shape index (κ3) is 9.89. The Kier molecular flexibility index (Phi) is 13.2. The molecule has 246 valence electrons. The number of thiophene rings is 1. The van der Waals surface area contributed by atoms with Crippen molar-refractivity contribution in [3.63, 3.8) is 0 Å². The second-order valence-corrected chi connectivity index (χ2v) is 13.4. The van der Waals surface area contributed by atoms with Crippen LogP contribution in [-0.2, 0) is 11.2 Å². The maximum Gasteiger partial charge on any atom is 0.123 e. The van der Waals surface area contributed by atoms with Crippen LogP contribution in [-0.4, -0.2) is 66.4 Å². The molecule has 1 aromatic carbocycles. The summed E-state index contributed by atoms with van der Waals surface area (Å²) < 4.78 is 18.4. The Bertz CT molecular complexity index is 1490. The van der Waals surface area contributed by atoms with Crippen molar-refractivity contribution >= 4 is 23.0 Å². The Morgan fingerprint density at radius 2 is 2.02 bits per heavy atom. The predicted octanol–water partition coefficient (Wildman–Crippen LogP) is 8.53. The van der Waals surface area contributed by atoms with Gasteiger partial charge in [-0.2, -0.15) is 5.10 Å². The highest BCUT2D eigenvalue weighted by Crippen LogP contribution is 2.31. The molecule has 0 radical (unpaired) electrons. The fraction of sp³-hybridized carbons (Fsp3) is 0.395. The topological polar surface area (TPSA) is 56.4 Å². The number of hydrogen-bond acceptors (Lipinski definition) is 6. The standard InChI is InChI=1S/C21H32N2OS.C17H18FN3/c1-18(8-12-22-14-10-21(2,16-22)17-24-3)23-11-4-6-19(9-13-23)20-7-5-15-25-20;1-4-16-15(11-6-12(3)19-5-2)17(21-20-16)13-7-9-14(18)10-8-13/h5,7,9,15H,1,4,6,8,10-14,16-17H2,2-3H3;4-10,19H,1-2,11H2,3H3,(H,20,21)/b;12-6+. The lowest BCUT2D eigenvalue weighted by molar-refractivity contribution is 0.0962. The number of benzene rings is 1. The van der Waals surface area contributed by atoms with Crippen LogP contribution in [0.15, 0.2) is 91.3 Å². The number of ether oxygens (including phenoxy) is 1. The van der Waals surface area contributed by atoms with Gasteiger partial charge in [0.2, 0.25) is 0 Å². The number of nitrogens with one attached hydrogen (secondary N) is 2. The summed E-state index contributed by atoms with van der Waals surface area (Å²) in [5, 5.41) is 12.5. The minimum atomic E-state index is -0.259. The van der Waals surface area contributed by atoms with Gasteiger partial charge < -0.3 is 19.9 Å². The molecule has 0 aliphatic carbocycles. The molecule has 2 aliphatic rings. The van der Waals surface area contributed by atoms with Crippen LogP contribution in [0.5, 0.6) is 0 Å². The number of likely N-dealkylation sites (tertiary alicyclic amines) is 1. The van der Waals surface area contributed by atoms with Crippen molar-refractivity contribution in [3.05, 3.63) is 113 Å². The smallest absolute Gasteiger partial charge is 0.123 e. The van der Waals surface area contributed by atoms with Gasteiger partial charge in [0.25, 0.3) is 0 Å². The van der Waals surface area contributed by atoms with Crippen LogP contribution in [0.2, 0.25) is 0 Å². The number of hydrogen-bond donors (Lipinski definition) is 2. The van der Waals surface area contributed by atoms with Crippen LogP contribution in [0.3, 0.4) is 0 Å². The van der Waals surface area contributed by atoms with Crippen LogP contribution >= 0.6 is 11.3 Å². The summed E-state index contributed by atoms with van der Waals surface area (Å²) >= 11 is 1.85. The van der Waals surface area contributed by atoms with E-state index >= 15 is 0 Å². The first-order valence-electron chi connectivity index (χ1n) is 16.1. The number of methoxy groups -OCH3 is 1. The van der Waals surface area contributed by atoms with E-state index < -0.39 is 0 Å². The third-order valence-corrected chi connectivity index (χ3v) is 9.67. The normalized spacial score (nSPS) is 18.7. The highest BCUT2D eigenvalue weighted by Gasteiger charge is 2.33. The molecule has 5 rings (SSSR count). The monoisotopic (exact) mass is 643 g/mol. The molecule has 2 aliphatic heterocycles. The van der Waals surface area contributed by atoms with E-state index in [0.717, 1.165) is 67.4 Å². The Morgan fingerprint density at radius 3 is 2.72 bits per heavy atom. The van der Waals surface area contributed by atoms with Crippen LogP contribution in [0.4, 0.5) is 4.39 Å². The molecular weight excluding hydrogens is 594 g/mol. The zero-order valence-electron chi connectivity index (χ0n) is 27.8. The lowest BCUT2D eigenvalue weighted by Crippen LogP contribution is -2.31. The molecule has 0 bridgehead atoms. The van der Waals surface area contributed by atoms with E-state index in [1.165, 1.54) is 54.1 Å². The molecule has 4 heterocycles. The lowest BCUT2D eigenvalue weighted by atomic mass is 9.91. The average molecular weight is 644 g/mol. The van der Waals surface area contributed by atoms with E-state index in [9.17, 15) is 4.39 Å². The minimum absolute atomic E-state index is 0.259. The SMILES string of the molecule is C=C(CCN1CCC(C)(COC)C1)N1CC=C(c2cccs2)CCC1.C=CN/C(C)=C/Cc1c(-c2ccc(F)cc2)n[nH]c1C=C. The highest BCUT2D eigenvalue weighted by atomic mass is 32.1. The summed E-state index contributed by atoms with van der Waals surface area (Å²) in [4.78, 5) is 6.49. The van der Waals surface area contributed by atoms with Gasteiger partial charge in [-0.1, -0.05) is 44.9 Å². The van der Waals surface area contributed by atoms with Crippen LogP contribution in [0, 0.1) is 11.2 Å². The maximum absolute atomic E-state index is 13.0. The number of aromatic nitrogens is 2. The van der Waals surface area contributed by atoms with Gasteiger partial charge in [0, 0.05) is 66.1 Å². The molecule has 1 atom stereocenters. The number of aromatic amines is 1. The number of halogens is 1. The van der Waals surface area contributed by atoms with Crippen molar-refractivity contribution in [3.8, 4) is 11.3 Å². The first-order valence-corrected chi connectivity index (χ1v) is 17.0. The van der Waals surface area contributed by atoms with Crippen molar-refractivity contribution in [2.45, 2.75) is 46.0 Å². The molecule has 6 nitrogen and oxygen atoms in total. The molecule has 2 N–H and O–H groups in total. The first kappa shape index (κ1) is 35.1. The summed E-state index contributed by atoms with van der Waals surface area (Å²) in [5.41, 5.74) is 7.73. The summed E-state index contributed by atoms with van der Waals surface area (Å²) in [5.74, 6) is -0.259. The second kappa shape index (κ2) is 17.3. The number of allylic oxidation sites excluding steroid dienone is 3. The first-order chi connectivity index (χ1) is 22.2. The Balaban J connectivity index is 0.000000212. The van der Waals surface area contributed by atoms with Gasteiger partial charge in [-0.3, -0.25) is 5.10 Å². The van der Waals surface area contributed by atoms with E-state index in [1.54, 1.807) is 24.4 Å². The number of rotatable bonds is 13. The molecular formula is C38H50FN5OS. The fourth-order valence-corrected chi connectivity index (χ4v) is 6.95. The van der Waals surface area contributed by atoms with Gasteiger partial charge >= 0.3 is 0 Å². The van der Waals surface area contributed by atoms with E-state index in [-0.39, 0.29) is 5.82 Å². The Morgan fingerprint density at radius 1 is 1.22 bits per heavy atom. The van der Waals surface area contributed by atoms with Gasteiger partial charge in [0.05, 0.1) is 18.0 Å². The molecule has 8 heteroatoms. The zero-order valence-corrected chi connectivity index (χ0v) is 28.6. The van der Waals surface area contributed by atoms with Gasteiger partial charge in [-0.05, 0) is 99.1 Å². The molecule has 0 amide bonds. The van der Waals surface area contributed by atoms with Crippen molar-refractivity contribution in [1.82, 2.24) is 25.3 Å². The van der Waals surface area contributed by atoms with Gasteiger partial charge in [0.15, 0.2) is 0 Å². The molecule has 46 heavy (non-hydrogen) atoms. The van der Waals surface area contributed by atoms with Crippen molar-refractivity contribution in [2.75, 3.05) is 46.4 Å². The Hall–Kier alpha value is -3.72. The molecule has 0 saturated carbocycles. The van der Waals surface area contributed by atoms with Crippen LogP contribution in [0.25, 0.3) is 22.9 Å². The van der Waals surface area contributed by atoms with Crippen molar-refractivity contribution in [2.24, 2.45) is 5.41 Å². The van der Waals surface area contributed by atoms with Crippen LogP contribution < -0.4 is 5.32 Å². The number of H-pyrrole nitrogens is 1. The predicted molar refractivity (Wildman–Crippen MR) is 193 cm³/mol. The molecule has 3 aromatic rings.